The van der Waals surface area contributed by atoms with E-state index in [1.165, 1.54) is 5.57 Å². The van der Waals surface area contributed by atoms with Crippen LogP contribution in [-0.2, 0) is 0 Å². The van der Waals surface area contributed by atoms with Gasteiger partial charge < -0.3 is 9.64 Å². The summed E-state index contributed by atoms with van der Waals surface area (Å²) < 4.78 is 5.66. The first-order chi connectivity index (χ1) is 15.2. The minimum atomic E-state index is -0.129. The minimum Gasteiger partial charge on any atom is -0.462 e. The second kappa shape index (κ2) is 10.3. The number of ether oxygens (including phenoxy) is 1. The van der Waals surface area contributed by atoms with E-state index in [4.69, 9.17) is 27.9 Å². The van der Waals surface area contributed by atoms with Crippen molar-refractivity contribution in [3.05, 3.63) is 71.1 Å². The molecule has 2 aliphatic heterocycles. The van der Waals surface area contributed by atoms with Crippen molar-refractivity contribution < 1.29 is 9.53 Å². The molecule has 1 aromatic carbocycles. The van der Waals surface area contributed by atoms with E-state index in [1.807, 2.05) is 6.07 Å². The van der Waals surface area contributed by atoms with Crippen molar-refractivity contribution in [3.63, 3.8) is 0 Å². The Morgan fingerprint density at radius 2 is 1.94 bits per heavy atom. The number of hydrogen-bond donors (Lipinski definition) is 0. The van der Waals surface area contributed by atoms with Crippen LogP contribution in [0.1, 0.15) is 35.4 Å². The molecule has 0 unspecified atom stereocenters. The van der Waals surface area contributed by atoms with Crippen LogP contribution in [0.5, 0.6) is 5.75 Å². The van der Waals surface area contributed by atoms with Gasteiger partial charge in [0.2, 0.25) is 0 Å². The number of carbonyl (C=O) groups excluding carboxylic acids is 1. The number of amides is 1. The van der Waals surface area contributed by atoms with E-state index < -0.39 is 0 Å². The summed E-state index contributed by atoms with van der Waals surface area (Å²) in [7, 11) is 0. The summed E-state index contributed by atoms with van der Waals surface area (Å²) in [5, 5.41) is 0.503. The first-order valence-corrected chi connectivity index (χ1v) is 11.3. The summed E-state index contributed by atoms with van der Waals surface area (Å²) in [6.45, 7) is 3.43. The molecular formula is C23H24Cl2N4O2. The van der Waals surface area contributed by atoms with Crippen molar-refractivity contribution >= 4 is 34.7 Å². The zero-order chi connectivity index (χ0) is 21.6. The molecule has 0 aliphatic carbocycles. The third-order valence-corrected chi connectivity index (χ3v) is 5.98. The van der Waals surface area contributed by atoms with Crippen LogP contribution in [0, 0.1) is 0 Å². The zero-order valence-corrected chi connectivity index (χ0v) is 18.6. The first kappa shape index (κ1) is 21.8. The maximum atomic E-state index is 13.1. The highest BCUT2D eigenvalue weighted by molar-refractivity contribution is 6.31. The third kappa shape index (κ3) is 5.26. The van der Waals surface area contributed by atoms with Crippen LogP contribution in [0.4, 0.5) is 0 Å². The topological polar surface area (TPSA) is 58.6 Å². The van der Waals surface area contributed by atoms with E-state index in [0.29, 0.717) is 28.6 Å². The molecule has 162 valence electrons. The molecule has 0 spiro atoms. The Bertz CT molecular complexity index is 994. The van der Waals surface area contributed by atoms with Crippen molar-refractivity contribution in [1.29, 1.82) is 0 Å². The number of alkyl halides is 1. The number of carbonyl (C=O) groups is 1. The number of unbranched alkanes of at least 4 members (excludes halogenated alkanes) is 1. The molecule has 0 saturated carbocycles. The highest BCUT2D eigenvalue weighted by atomic mass is 35.5. The lowest BCUT2D eigenvalue weighted by Crippen LogP contribution is -2.33. The van der Waals surface area contributed by atoms with Gasteiger partial charge in [0.1, 0.15) is 12.0 Å². The van der Waals surface area contributed by atoms with Crippen LogP contribution in [0.3, 0.4) is 0 Å². The van der Waals surface area contributed by atoms with Crippen molar-refractivity contribution in [3.8, 4) is 5.75 Å². The number of allylic oxidation sites excluding steroid dienone is 1. The van der Waals surface area contributed by atoms with Crippen molar-refractivity contribution in [1.82, 2.24) is 19.8 Å². The van der Waals surface area contributed by atoms with Crippen LogP contribution >= 0.6 is 23.2 Å². The fourth-order valence-corrected chi connectivity index (χ4v) is 4.16. The lowest BCUT2D eigenvalue weighted by Gasteiger charge is -2.27. The Balaban J connectivity index is 1.31. The molecule has 31 heavy (non-hydrogen) atoms. The molecule has 0 bridgehead atoms. The minimum absolute atomic E-state index is 0.129. The van der Waals surface area contributed by atoms with Crippen LogP contribution in [0.25, 0.3) is 5.57 Å². The summed E-state index contributed by atoms with van der Waals surface area (Å²) in [4.78, 5) is 25.9. The third-order valence-electron chi connectivity index (χ3n) is 5.48. The Kier molecular flexibility index (Phi) is 7.22. The molecule has 0 radical (unpaired) electrons. The van der Waals surface area contributed by atoms with Crippen molar-refractivity contribution in [2.24, 2.45) is 0 Å². The molecule has 1 aromatic heterocycles. The molecule has 0 N–H and O–H groups in total. The predicted molar refractivity (Wildman–Crippen MR) is 122 cm³/mol. The van der Waals surface area contributed by atoms with Crippen LogP contribution in [-0.4, -0.2) is 57.7 Å². The molecular weight excluding hydrogens is 435 g/mol. The molecule has 3 heterocycles. The van der Waals surface area contributed by atoms with Gasteiger partial charge in [0.05, 0.1) is 17.1 Å². The molecule has 6 nitrogen and oxygen atoms in total. The number of fused-ring (bicyclic) bond motifs is 1. The Morgan fingerprint density at radius 3 is 2.68 bits per heavy atom. The smallest absolute Gasteiger partial charge is 0.261 e. The van der Waals surface area contributed by atoms with Crippen molar-refractivity contribution in [2.75, 3.05) is 32.1 Å². The number of benzene rings is 1. The van der Waals surface area contributed by atoms with Gasteiger partial charge >= 0.3 is 0 Å². The standard InChI is InChI=1S/C23H24Cl2N4O2/c24-15-19-16-31-21-5-4-18(25)14-20(21)23(30)29(19)11-2-1-10-28-12-6-17(7-13-28)22-26-8-3-9-27-22/h3-6,8-9,14,16H,1-2,7,10-13,15H2. The van der Waals surface area contributed by atoms with Gasteiger partial charge in [0.25, 0.3) is 5.91 Å². The Hall–Kier alpha value is -2.41. The fraction of sp³-hybridized carbons (Fsp3) is 0.348. The largest absolute Gasteiger partial charge is 0.462 e. The van der Waals surface area contributed by atoms with Gasteiger partial charge in [-0.25, -0.2) is 9.97 Å². The van der Waals surface area contributed by atoms with Gasteiger partial charge in [0.15, 0.2) is 5.82 Å². The summed E-state index contributed by atoms with van der Waals surface area (Å²) in [5.74, 6) is 1.40. The molecule has 4 rings (SSSR count). The Morgan fingerprint density at radius 1 is 1.13 bits per heavy atom. The summed E-state index contributed by atoms with van der Waals surface area (Å²) in [5.41, 5.74) is 2.33. The van der Waals surface area contributed by atoms with E-state index in [-0.39, 0.29) is 11.8 Å². The average molecular weight is 459 g/mol. The average Bonchev–Trinajstić information content (AvgIpc) is 2.94. The van der Waals surface area contributed by atoms with Gasteiger partial charge in [-0.15, -0.1) is 11.6 Å². The Labute approximate surface area is 192 Å². The van der Waals surface area contributed by atoms with Gasteiger partial charge in [-0.2, -0.15) is 0 Å². The van der Waals surface area contributed by atoms with Crippen molar-refractivity contribution in [2.45, 2.75) is 19.3 Å². The maximum Gasteiger partial charge on any atom is 0.261 e. The number of halogens is 2. The first-order valence-electron chi connectivity index (χ1n) is 10.4. The molecule has 0 fully saturated rings. The molecule has 8 heteroatoms. The lowest BCUT2D eigenvalue weighted by atomic mass is 10.1. The maximum absolute atomic E-state index is 13.1. The molecule has 0 atom stereocenters. The quantitative estimate of drug-likeness (QED) is 0.447. The summed E-state index contributed by atoms with van der Waals surface area (Å²) >= 11 is 12.2. The lowest BCUT2D eigenvalue weighted by molar-refractivity contribution is 0.0805. The number of hydrogen-bond acceptors (Lipinski definition) is 5. The van der Waals surface area contributed by atoms with Gasteiger partial charge in [-0.05, 0) is 55.6 Å². The number of rotatable bonds is 7. The van der Waals surface area contributed by atoms with E-state index in [1.54, 1.807) is 41.8 Å². The van der Waals surface area contributed by atoms with Crippen LogP contribution in [0.2, 0.25) is 5.02 Å². The van der Waals surface area contributed by atoms with E-state index in [9.17, 15) is 4.79 Å². The van der Waals surface area contributed by atoms with E-state index in [0.717, 1.165) is 44.7 Å². The highest BCUT2D eigenvalue weighted by Gasteiger charge is 2.26. The zero-order valence-electron chi connectivity index (χ0n) is 17.1. The van der Waals surface area contributed by atoms with Crippen LogP contribution < -0.4 is 4.74 Å². The van der Waals surface area contributed by atoms with Gasteiger partial charge in [-0.3, -0.25) is 9.69 Å². The second-order valence-corrected chi connectivity index (χ2v) is 8.22. The normalized spacial score (nSPS) is 16.8. The van der Waals surface area contributed by atoms with Crippen LogP contribution in [0.15, 0.2) is 54.7 Å². The number of aromatic nitrogens is 2. The van der Waals surface area contributed by atoms with E-state index in [2.05, 4.69) is 20.9 Å². The second-order valence-electron chi connectivity index (χ2n) is 7.52. The molecule has 2 aromatic rings. The summed E-state index contributed by atoms with van der Waals surface area (Å²) in [6.07, 6.45) is 10.1. The predicted octanol–water partition coefficient (Wildman–Crippen LogP) is 4.61. The molecule has 1 amide bonds. The van der Waals surface area contributed by atoms with E-state index >= 15 is 0 Å². The fourth-order valence-electron chi connectivity index (χ4n) is 3.78. The molecule has 0 saturated heterocycles. The van der Waals surface area contributed by atoms with Gasteiger partial charge in [-0.1, -0.05) is 17.7 Å². The number of nitrogens with zero attached hydrogens (tertiary/aromatic N) is 4. The highest BCUT2D eigenvalue weighted by Crippen LogP contribution is 2.29. The SMILES string of the molecule is O=C1c2cc(Cl)ccc2OC=C(CCl)N1CCCCN1CC=C(c2ncccn2)CC1. The molecule has 2 aliphatic rings. The van der Waals surface area contributed by atoms with Gasteiger partial charge in [0, 0.05) is 37.1 Å². The monoisotopic (exact) mass is 458 g/mol. The summed E-state index contributed by atoms with van der Waals surface area (Å²) in [6, 6.07) is 6.89.